The van der Waals surface area contributed by atoms with E-state index in [4.69, 9.17) is 4.74 Å². The number of nitrogens with one attached hydrogen (secondary N) is 2. The summed E-state index contributed by atoms with van der Waals surface area (Å²) in [5.74, 6) is 0.677. The lowest BCUT2D eigenvalue weighted by Gasteiger charge is -2.09. The van der Waals surface area contributed by atoms with Gasteiger partial charge in [-0.25, -0.2) is 17.9 Å². The van der Waals surface area contributed by atoms with E-state index in [1.54, 1.807) is 24.3 Å². The van der Waals surface area contributed by atoms with Gasteiger partial charge in [-0.3, -0.25) is 5.32 Å². The number of rotatable bonds is 7. The van der Waals surface area contributed by atoms with Crippen LogP contribution in [-0.2, 0) is 10.0 Å². The summed E-state index contributed by atoms with van der Waals surface area (Å²) in [7, 11) is -3.56. The smallest absolute Gasteiger partial charge is 0.410 e. The lowest BCUT2D eigenvalue weighted by Crippen LogP contribution is -2.25. The van der Waals surface area contributed by atoms with E-state index in [1.807, 2.05) is 19.9 Å². The maximum absolute atomic E-state index is 12.2. The number of amides is 1. The first kappa shape index (κ1) is 19.0. The highest BCUT2D eigenvalue weighted by Crippen LogP contribution is 2.17. The third kappa shape index (κ3) is 6.21. The molecule has 0 fully saturated rings. The van der Waals surface area contributed by atoms with Crippen LogP contribution in [0.2, 0.25) is 0 Å². The van der Waals surface area contributed by atoms with Crippen molar-refractivity contribution in [1.82, 2.24) is 4.72 Å². The van der Waals surface area contributed by atoms with Crippen LogP contribution in [0.1, 0.15) is 20.3 Å². The van der Waals surface area contributed by atoms with Gasteiger partial charge in [-0.2, -0.15) is 0 Å². The topological polar surface area (TPSA) is 84.5 Å². The highest BCUT2D eigenvalue weighted by molar-refractivity contribution is 7.89. The Kier molecular flexibility index (Phi) is 6.55. The molecule has 0 bridgehead atoms. The van der Waals surface area contributed by atoms with E-state index >= 15 is 0 Å². The zero-order valence-electron chi connectivity index (χ0n) is 14.2. The van der Waals surface area contributed by atoms with Gasteiger partial charge in [-0.1, -0.05) is 32.0 Å². The normalized spacial score (nSPS) is 11.3. The molecule has 0 saturated heterocycles. The predicted molar refractivity (Wildman–Crippen MR) is 97.2 cm³/mol. The molecule has 134 valence electrons. The SMILES string of the molecule is CC(C)CCNS(=O)(=O)c1ccc(OC(=O)Nc2ccccc2)cc1. The van der Waals surface area contributed by atoms with Gasteiger partial charge in [0.25, 0.3) is 0 Å². The monoisotopic (exact) mass is 362 g/mol. The second-order valence-corrected chi connectivity index (χ2v) is 7.70. The molecule has 1 amide bonds. The van der Waals surface area contributed by atoms with E-state index in [0.717, 1.165) is 6.42 Å². The molecule has 0 atom stereocenters. The van der Waals surface area contributed by atoms with Crippen molar-refractivity contribution >= 4 is 21.8 Å². The minimum atomic E-state index is -3.56. The highest BCUT2D eigenvalue weighted by Gasteiger charge is 2.14. The van der Waals surface area contributed by atoms with Crippen molar-refractivity contribution in [2.24, 2.45) is 5.92 Å². The molecular formula is C18H22N2O4S. The third-order valence-corrected chi connectivity index (χ3v) is 4.86. The van der Waals surface area contributed by atoms with Crippen molar-refractivity contribution in [2.75, 3.05) is 11.9 Å². The molecule has 0 spiro atoms. The second kappa shape index (κ2) is 8.64. The summed E-state index contributed by atoms with van der Waals surface area (Å²) in [5.41, 5.74) is 0.612. The summed E-state index contributed by atoms with van der Waals surface area (Å²) < 4.78 is 32.0. The summed E-state index contributed by atoms with van der Waals surface area (Å²) in [6.45, 7) is 4.44. The molecule has 0 aliphatic rings. The van der Waals surface area contributed by atoms with Crippen molar-refractivity contribution in [3.05, 3.63) is 54.6 Å². The van der Waals surface area contributed by atoms with E-state index in [1.165, 1.54) is 24.3 Å². The molecule has 2 rings (SSSR count). The molecule has 0 heterocycles. The standard InChI is InChI=1S/C18H22N2O4S/c1-14(2)12-13-19-25(22,23)17-10-8-16(9-11-17)24-18(21)20-15-6-4-3-5-7-15/h3-11,14,19H,12-13H2,1-2H3,(H,20,21). The summed E-state index contributed by atoms with van der Waals surface area (Å²) in [5, 5.41) is 2.58. The third-order valence-electron chi connectivity index (χ3n) is 3.38. The molecule has 0 saturated carbocycles. The highest BCUT2D eigenvalue weighted by atomic mass is 32.2. The summed E-state index contributed by atoms with van der Waals surface area (Å²) >= 11 is 0. The molecule has 2 aromatic carbocycles. The zero-order chi connectivity index (χ0) is 18.3. The van der Waals surface area contributed by atoms with E-state index in [9.17, 15) is 13.2 Å². The van der Waals surface area contributed by atoms with Gasteiger partial charge in [0, 0.05) is 12.2 Å². The minimum absolute atomic E-state index is 0.132. The van der Waals surface area contributed by atoms with Gasteiger partial charge in [0.2, 0.25) is 10.0 Å². The molecule has 0 radical (unpaired) electrons. The Hall–Kier alpha value is -2.38. The average Bonchev–Trinajstić information content (AvgIpc) is 2.55. The Bertz CT molecular complexity index is 788. The number of para-hydroxylation sites is 1. The van der Waals surface area contributed by atoms with E-state index in [0.29, 0.717) is 18.2 Å². The number of hydrogen-bond acceptors (Lipinski definition) is 4. The number of ether oxygens (including phenoxy) is 1. The number of carbonyl (C=O) groups is 1. The van der Waals surface area contributed by atoms with Gasteiger partial charge in [0.05, 0.1) is 4.90 Å². The van der Waals surface area contributed by atoms with Crippen LogP contribution in [0, 0.1) is 5.92 Å². The molecule has 2 aromatic rings. The van der Waals surface area contributed by atoms with Crippen molar-refractivity contribution in [3.63, 3.8) is 0 Å². The summed E-state index contributed by atoms with van der Waals surface area (Å²) in [6, 6.07) is 14.6. The fourth-order valence-corrected chi connectivity index (χ4v) is 3.07. The first-order chi connectivity index (χ1) is 11.9. The lowest BCUT2D eigenvalue weighted by atomic mass is 10.1. The number of benzene rings is 2. The van der Waals surface area contributed by atoms with Gasteiger partial charge in [0.15, 0.2) is 0 Å². The van der Waals surface area contributed by atoms with Crippen LogP contribution < -0.4 is 14.8 Å². The molecule has 0 aliphatic heterocycles. The number of sulfonamides is 1. The van der Waals surface area contributed by atoms with Crippen molar-refractivity contribution < 1.29 is 17.9 Å². The van der Waals surface area contributed by atoms with Gasteiger partial charge in [-0.15, -0.1) is 0 Å². The molecular weight excluding hydrogens is 340 g/mol. The van der Waals surface area contributed by atoms with Gasteiger partial charge in [0.1, 0.15) is 5.75 Å². The minimum Gasteiger partial charge on any atom is -0.410 e. The van der Waals surface area contributed by atoms with Crippen LogP contribution in [0.5, 0.6) is 5.75 Å². The molecule has 25 heavy (non-hydrogen) atoms. The zero-order valence-corrected chi connectivity index (χ0v) is 15.0. The van der Waals surface area contributed by atoms with E-state index < -0.39 is 16.1 Å². The number of hydrogen-bond donors (Lipinski definition) is 2. The van der Waals surface area contributed by atoms with Crippen LogP contribution >= 0.6 is 0 Å². The molecule has 6 nitrogen and oxygen atoms in total. The van der Waals surface area contributed by atoms with Crippen molar-refractivity contribution in [2.45, 2.75) is 25.2 Å². The Morgan fingerprint density at radius 2 is 1.68 bits per heavy atom. The lowest BCUT2D eigenvalue weighted by molar-refractivity contribution is 0.215. The molecule has 7 heteroatoms. The molecule has 2 N–H and O–H groups in total. The van der Waals surface area contributed by atoms with Crippen molar-refractivity contribution in [1.29, 1.82) is 0 Å². The Balaban J connectivity index is 1.94. The Labute approximate surface area is 148 Å². The van der Waals surface area contributed by atoms with Gasteiger partial charge in [-0.05, 0) is 48.7 Å². The average molecular weight is 362 g/mol. The van der Waals surface area contributed by atoms with Crippen LogP contribution in [0.25, 0.3) is 0 Å². The summed E-state index contributed by atoms with van der Waals surface area (Å²) in [6.07, 6.45) is 0.122. The maximum atomic E-state index is 12.2. The number of carbonyl (C=O) groups excluding carboxylic acids is 1. The molecule has 0 aliphatic carbocycles. The Morgan fingerprint density at radius 3 is 2.28 bits per heavy atom. The maximum Gasteiger partial charge on any atom is 0.417 e. The predicted octanol–water partition coefficient (Wildman–Crippen LogP) is 3.62. The molecule has 0 unspecified atom stereocenters. The quantitative estimate of drug-likeness (QED) is 0.788. The summed E-state index contributed by atoms with van der Waals surface area (Å²) in [4.78, 5) is 11.9. The second-order valence-electron chi connectivity index (χ2n) is 5.93. The Morgan fingerprint density at radius 1 is 1.04 bits per heavy atom. The van der Waals surface area contributed by atoms with E-state index in [2.05, 4.69) is 10.0 Å². The first-order valence-electron chi connectivity index (χ1n) is 8.00. The van der Waals surface area contributed by atoms with Gasteiger partial charge < -0.3 is 4.74 Å². The van der Waals surface area contributed by atoms with Gasteiger partial charge >= 0.3 is 6.09 Å². The van der Waals surface area contributed by atoms with Crippen LogP contribution in [0.4, 0.5) is 10.5 Å². The van der Waals surface area contributed by atoms with Crippen molar-refractivity contribution in [3.8, 4) is 5.75 Å². The van der Waals surface area contributed by atoms with Crippen LogP contribution in [-0.4, -0.2) is 21.1 Å². The molecule has 0 aromatic heterocycles. The van der Waals surface area contributed by atoms with E-state index in [-0.39, 0.29) is 10.6 Å². The number of anilines is 1. The fourth-order valence-electron chi connectivity index (χ4n) is 2.02. The first-order valence-corrected chi connectivity index (χ1v) is 9.49. The largest absolute Gasteiger partial charge is 0.417 e. The fraction of sp³-hybridized carbons (Fsp3) is 0.278. The van der Waals surface area contributed by atoms with Crippen LogP contribution in [0.15, 0.2) is 59.5 Å². The van der Waals surface area contributed by atoms with Crippen LogP contribution in [0.3, 0.4) is 0 Å².